The van der Waals surface area contributed by atoms with Gasteiger partial charge in [-0.15, -0.1) is 11.3 Å². The van der Waals surface area contributed by atoms with Gasteiger partial charge in [-0.25, -0.2) is 9.69 Å². The molecule has 3 fully saturated rings. The number of urea groups is 1. The number of amides is 3. The standard InChI is InChI=1S/C18H26BrN5O2S/c1-21-6-4-18(5-7-21)16(25)24(17(26)20-18)13-23-10-8-22(9-11-23)12-14-2-3-15(19)27-14/h2-3H,4-13H2,1H3,(H,20,26). The predicted molar refractivity (Wildman–Crippen MR) is 109 cm³/mol. The molecule has 4 rings (SSSR count). The highest BCUT2D eigenvalue weighted by atomic mass is 79.9. The molecule has 27 heavy (non-hydrogen) atoms. The Morgan fingerprint density at radius 1 is 1.07 bits per heavy atom. The Hall–Kier alpha value is -1.00. The molecule has 1 aromatic heterocycles. The third-order valence-corrected chi connectivity index (χ3v) is 7.51. The Morgan fingerprint density at radius 3 is 2.37 bits per heavy atom. The van der Waals surface area contributed by atoms with Crippen LogP contribution in [0.5, 0.6) is 0 Å². The molecule has 0 atom stereocenters. The summed E-state index contributed by atoms with van der Waals surface area (Å²) in [5.41, 5.74) is -0.669. The van der Waals surface area contributed by atoms with Crippen LogP contribution in [0.25, 0.3) is 0 Å². The first-order chi connectivity index (χ1) is 12.9. The van der Waals surface area contributed by atoms with E-state index in [0.717, 1.165) is 49.6 Å². The molecule has 0 aromatic carbocycles. The number of hydrogen-bond donors (Lipinski definition) is 1. The zero-order valence-electron chi connectivity index (χ0n) is 15.6. The maximum atomic E-state index is 13.0. The zero-order valence-corrected chi connectivity index (χ0v) is 18.0. The number of hydrogen-bond acceptors (Lipinski definition) is 6. The van der Waals surface area contributed by atoms with Gasteiger partial charge in [0.1, 0.15) is 5.54 Å². The normalized spacial score (nSPS) is 24.7. The third-order valence-electron chi connectivity index (χ3n) is 5.90. The van der Waals surface area contributed by atoms with Crippen molar-refractivity contribution in [2.45, 2.75) is 24.9 Å². The molecular formula is C18H26BrN5O2S. The number of nitrogens with zero attached hydrogens (tertiary/aromatic N) is 4. The zero-order chi connectivity index (χ0) is 19.0. The summed E-state index contributed by atoms with van der Waals surface area (Å²) < 4.78 is 1.16. The van der Waals surface area contributed by atoms with Gasteiger partial charge in [-0.3, -0.25) is 14.6 Å². The lowest BCUT2D eigenvalue weighted by Gasteiger charge is -2.37. The van der Waals surface area contributed by atoms with E-state index < -0.39 is 5.54 Å². The van der Waals surface area contributed by atoms with Gasteiger partial charge in [0, 0.05) is 50.7 Å². The fourth-order valence-corrected chi connectivity index (χ4v) is 5.62. The molecule has 0 aliphatic carbocycles. The summed E-state index contributed by atoms with van der Waals surface area (Å²) in [7, 11) is 2.06. The number of carbonyl (C=O) groups excluding carboxylic acids is 2. The van der Waals surface area contributed by atoms with Gasteiger partial charge in [0.05, 0.1) is 10.5 Å². The number of likely N-dealkylation sites (tertiary alicyclic amines) is 1. The van der Waals surface area contributed by atoms with Crippen LogP contribution >= 0.6 is 27.3 Å². The van der Waals surface area contributed by atoms with E-state index in [1.165, 1.54) is 9.78 Å². The summed E-state index contributed by atoms with van der Waals surface area (Å²) in [5, 5.41) is 2.99. The fourth-order valence-electron chi connectivity index (χ4n) is 4.09. The van der Waals surface area contributed by atoms with E-state index in [9.17, 15) is 9.59 Å². The van der Waals surface area contributed by atoms with Crippen LogP contribution in [0.2, 0.25) is 0 Å². The van der Waals surface area contributed by atoms with Crippen LogP contribution in [0.15, 0.2) is 15.9 Å². The molecule has 1 N–H and O–H groups in total. The lowest BCUT2D eigenvalue weighted by molar-refractivity contribution is -0.134. The van der Waals surface area contributed by atoms with Crippen LogP contribution in [0.4, 0.5) is 4.79 Å². The highest BCUT2D eigenvalue weighted by molar-refractivity contribution is 9.11. The van der Waals surface area contributed by atoms with Crippen molar-refractivity contribution in [1.82, 2.24) is 24.9 Å². The molecule has 3 aliphatic heterocycles. The van der Waals surface area contributed by atoms with Gasteiger partial charge < -0.3 is 10.2 Å². The molecular weight excluding hydrogens is 430 g/mol. The Balaban J connectivity index is 1.30. The van der Waals surface area contributed by atoms with Gasteiger partial charge >= 0.3 is 6.03 Å². The summed E-state index contributed by atoms with van der Waals surface area (Å²) in [4.78, 5) is 35.1. The Kier molecular flexibility index (Phi) is 5.57. The second-order valence-corrected chi connectivity index (χ2v) is 10.3. The largest absolute Gasteiger partial charge is 0.326 e. The first kappa shape index (κ1) is 19.3. The number of nitrogens with one attached hydrogen (secondary N) is 1. The van der Waals surface area contributed by atoms with Crippen LogP contribution in [0.3, 0.4) is 0 Å². The SMILES string of the molecule is CN1CCC2(CC1)NC(=O)N(CN1CCN(Cc3ccc(Br)s3)CC1)C2=O. The fraction of sp³-hybridized carbons (Fsp3) is 0.667. The van der Waals surface area contributed by atoms with Crippen molar-refractivity contribution in [2.24, 2.45) is 0 Å². The number of thiophene rings is 1. The molecule has 0 bridgehead atoms. The minimum Gasteiger partial charge on any atom is -0.323 e. The van der Waals surface area contributed by atoms with Crippen LogP contribution < -0.4 is 5.32 Å². The summed E-state index contributed by atoms with van der Waals surface area (Å²) in [6, 6.07) is 4.03. The van der Waals surface area contributed by atoms with Gasteiger partial charge in [-0.1, -0.05) is 0 Å². The first-order valence-corrected chi connectivity index (χ1v) is 11.1. The summed E-state index contributed by atoms with van der Waals surface area (Å²) in [6.07, 6.45) is 1.41. The number of piperidine rings is 1. The Morgan fingerprint density at radius 2 is 1.74 bits per heavy atom. The summed E-state index contributed by atoms with van der Waals surface area (Å²) in [5.74, 6) is -0.0357. The number of piperazine rings is 1. The number of carbonyl (C=O) groups is 2. The van der Waals surface area contributed by atoms with Gasteiger partial charge in [0.2, 0.25) is 0 Å². The third kappa shape index (κ3) is 4.07. The van der Waals surface area contributed by atoms with Crippen LogP contribution in [-0.2, 0) is 11.3 Å². The molecule has 1 spiro atoms. The van der Waals surface area contributed by atoms with Crippen molar-refractivity contribution < 1.29 is 9.59 Å². The van der Waals surface area contributed by atoms with E-state index in [1.54, 1.807) is 11.3 Å². The van der Waals surface area contributed by atoms with Gasteiger partial charge in [-0.2, -0.15) is 0 Å². The second-order valence-electron chi connectivity index (χ2n) is 7.79. The molecule has 3 aliphatic rings. The maximum Gasteiger partial charge on any atom is 0.326 e. The molecule has 3 saturated heterocycles. The van der Waals surface area contributed by atoms with Crippen LogP contribution in [-0.4, -0.2) is 90.1 Å². The molecule has 9 heteroatoms. The molecule has 7 nitrogen and oxygen atoms in total. The molecule has 0 unspecified atom stereocenters. The van der Waals surface area contributed by atoms with Crippen LogP contribution in [0, 0.1) is 0 Å². The topological polar surface area (TPSA) is 59.1 Å². The lowest BCUT2D eigenvalue weighted by Crippen LogP contribution is -2.55. The summed E-state index contributed by atoms with van der Waals surface area (Å²) >= 11 is 5.29. The van der Waals surface area contributed by atoms with Crippen molar-refractivity contribution >= 4 is 39.2 Å². The smallest absolute Gasteiger partial charge is 0.323 e. The molecule has 0 saturated carbocycles. The molecule has 4 heterocycles. The highest BCUT2D eigenvalue weighted by Crippen LogP contribution is 2.29. The molecule has 1 aromatic rings. The van der Waals surface area contributed by atoms with Crippen molar-refractivity contribution in [1.29, 1.82) is 0 Å². The number of imide groups is 1. The Bertz CT molecular complexity index is 710. The van der Waals surface area contributed by atoms with Gasteiger partial charge in [0.25, 0.3) is 5.91 Å². The Labute approximate surface area is 172 Å². The molecule has 3 amide bonds. The second kappa shape index (κ2) is 7.79. The minimum atomic E-state index is -0.669. The van der Waals surface area contributed by atoms with Crippen molar-refractivity contribution in [3.63, 3.8) is 0 Å². The quantitative estimate of drug-likeness (QED) is 0.698. The van der Waals surface area contributed by atoms with Gasteiger partial charge in [-0.05, 0) is 48.0 Å². The number of halogens is 1. The van der Waals surface area contributed by atoms with Crippen LogP contribution in [0.1, 0.15) is 17.7 Å². The van der Waals surface area contributed by atoms with E-state index in [0.29, 0.717) is 19.5 Å². The van der Waals surface area contributed by atoms with Crippen molar-refractivity contribution in [2.75, 3.05) is 53.0 Å². The average molecular weight is 456 g/mol. The highest BCUT2D eigenvalue weighted by Gasteiger charge is 2.52. The summed E-state index contributed by atoms with van der Waals surface area (Å²) in [6.45, 7) is 6.71. The van der Waals surface area contributed by atoms with Gasteiger partial charge in [0.15, 0.2) is 0 Å². The predicted octanol–water partition coefficient (Wildman–Crippen LogP) is 1.60. The average Bonchev–Trinajstić information content (AvgIpc) is 3.16. The maximum absolute atomic E-state index is 13.0. The van der Waals surface area contributed by atoms with E-state index in [-0.39, 0.29) is 11.9 Å². The first-order valence-electron chi connectivity index (χ1n) is 9.47. The van der Waals surface area contributed by atoms with E-state index in [4.69, 9.17) is 0 Å². The monoisotopic (exact) mass is 455 g/mol. The molecule has 148 valence electrons. The number of rotatable bonds is 4. The van der Waals surface area contributed by atoms with E-state index >= 15 is 0 Å². The van der Waals surface area contributed by atoms with E-state index in [2.05, 4.69) is 55.1 Å². The molecule has 0 radical (unpaired) electrons. The minimum absolute atomic E-state index is 0.0357. The van der Waals surface area contributed by atoms with E-state index in [1.807, 2.05) is 0 Å². The van der Waals surface area contributed by atoms with Crippen molar-refractivity contribution in [3.8, 4) is 0 Å². The lowest BCUT2D eigenvalue weighted by atomic mass is 9.88. The van der Waals surface area contributed by atoms with Crippen molar-refractivity contribution in [3.05, 3.63) is 20.8 Å².